The molecule has 0 aliphatic rings. The molecule has 0 fully saturated rings. The summed E-state index contributed by atoms with van der Waals surface area (Å²) in [6, 6.07) is 14.4. The zero-order valence-electron chi connectivity index (χ0n) is 16.2. The Morgan fingerprint density at radius 3 is 2.54 bits per heavy atom. The lowest BCUT2D eigenvalue weighted by Gasteiger charge is -2.14. The van der Waals surface area contributed by atoms with Gasteiger partial charge in [0.1, 0.15) is 6.61 Å². The highest BCUT2D eigenvalue weighted by Gasteiger charge is 2.08. The van der Waals surface area contributed by atoms with E-state index < -0.39 is 0 Å². The third kappa shape index (κ3) is 6.70. The van der Waals surface area contributed by atoms with Crippen molar-refractivity contribution in [2.24, 2.45) is 0 Å². The van der Waals surface area contributed by atoms with Gasteiger partial charge >= 0.3 is 0 Å². The van der Waals surface area contributed by atoms with Crippen LogP contribution in [0.4, 0.5) is 0 Å². The van der Waals surface area contributed by atoms with Crippen molar-refractivity contribution in [1.82, 2.24) is 5.32 Å². The third-order valence-corrected chi connectivity index (χ3v) is 4.13. The van der Waals surface area contributed by atoms with Crippen LogP contribution >= 0.6 is 0 Å². The summed E-state index contributed by atoms with van der Waals surface area (Å²) in [6.07, 6.45) is 1.02. The number of aryl methyl sites for hydroxylation is 1. The normalized spacial score (nSPS) is 10.7. The Morgan fingerprint density at radius 1 is 0.923 bits per heavy atom. The van der Waals surface area contributed by atoms with E-state index in [-0.39, 0.29) is 0 Å². The molecule has 0 saturated heterocycles. The van der Waals surface area contributed by atoms with E-state index in [1.54, 1.807) is 0 Å². The zero-order valence-corrected chi connectivity index (χ0v) is 16.2. The molecule has 0 unspecified atom stereocenters. The second-order valence-electron chi connectivity index (χ2n) is 6.16. The molecule has 2 aromatic carbocycles. The summed E-state index contributed by atoms with van der Waals surface area (Å²) in [7, 11) is 0. The van der Waals surface area contributed by atoms with Gasteiger partial charge in [-0.3, -0.25) is 0 Å². The molecule has 2 rings (SSSR count). The second-order valence-corrected chi connectivity index (χ2v) is 6.16. The van der Waals surface area contributed by atoms with Crippen LogP contribution in [0.1, 0.15) is 37.0 Å². The topological polar surface area (TPSA) is 39.7 Å². The van der Waals surface area contributed by atoms with Crippen molar-refractivity contribution in [2.75, 3.05) is 26.4 Å². The average Bonchev–Trinajstić information content (AvgIpc) is 2.65. The first kappa shape index (κ1) is 20.3. The Morgan fingerprint density at radius 2 is 1.77 bits per heavy atom. The van der Waals surface area contributed by atoms with Crippen molar-refractivity contribution in [1.29, 1.82) is 0 Å². The minimum Gasteiger partial charge on any atom is -0.490 e. The van der Waals surface area contributed by atoms with Crippen LogP contribution in [0.2, 0.25) is 0 Å². The molecule has 0 spiro atoms. The van der Waals surface area contributed by atoms with Gasteiger partial charge in [-0.1, -0.05) is 30.3 Å². The van der Waals surface area contributed by atoms with Crippen LogP contribution in [0.5, 0.6) is 11.5 Å². The lowest BCUT2D eigenvalue weighted by Crippen LogP contribution is -2.16. The Hall–Kier alpha value is -2.04. The number of ether oxygens (including phenoxy) is 3. The Balaban J connectivity index is 1.91. The summed E-state index contributed by atoms with van der Waals surface area (Å²) in [5.74, 6) is 1.59. The first-order valence-electron chi connectivity index (χ1n) is 9.46. The minimum absolute atomic E-state index is 0.543. The largest absolute Gasteiger partial charge is 0.490 e. The highest BCUT2D eigenvalue weighted by atomic mass is 16.5. The quantitative estimate of drug-likeness (QED) is 0.568. The van der Waals surface area contributed by atoms with Crippen LogP contribution in [0, 0.1) is 6.92 Å². The molecule has 4 nitrogen and oxygen atoms in total. The van der Waals surface area contributed by atoms with Crippen LogP contribution in [-0.4, -0.2) is 26.4 Å². The Bertz CT molecular complexity index is 658. The van der Waals surface area contributed by atoms with Gasteiger partial charge in [0.15, 0.2) is 11.5 Å². The summed E-state index contributed by atoms with van der Waals surface area (Å²) in [4.78, 5) is 0. The van der Waals surface area contributed by atoms with Gasteiger partial charge < -0.3 is 19.5 Å². The molecule has 142 valence electrons. The van der Waals surface area contributed by atoms with E-state index in [2.05, 4.69) is 36.5 Å². The van der Waals surface area contributed by atoms with E-state index in [1.807, 2.05) is 32.0 Å². The van der Waals surface area contributed by atoms with Crippen molar-refractivity contribution < 1.29 is 14.2 Å². The summed E-state index contributed by atoms with van der Waals surface area (Å²) in [6.45, 7) is 10.6. The van der Waals surface area contributed by atoms with E-state index in [0.717, 1.165) is 44.2 Å². The van der Waals surface area contributed by atoms with Gasteiger partial charge in [-0.05, 0) is 62.6 Å². The molecular weight excluding hydrogens is 326 g/mol. The van der Waals surface area contributed by atoms with Crippen molar-refractivity contribution in [3.63, 3.8) is 0 Å². The van der Waals surface area contributed by atoms with Gasteiger partial charge in [0, 0.05) is 19.8 Å². The maximum Gasteiger partial charge on any atom is 0.161 e. The fourth-order valence-electron chi connectivity index (χ4n) is 2.65. The average molecular weight is 357 g/mol. The first-order chi connectivity index (χ1) is 12.7. The summed E-state index contributed by atoms with van der Waals surface area (Å²) in [5, 5.41) is 3.44. The van der Waals surface area contributed by atoms with E-state index in [9.17, 15) is 0 Å². The van der Waals surface area contributed by atoms with E-state index in [1.165, 1.54) is 16.7 Å². The van der Waals surface area contributed by atoms with Gasteiger partial charge in [-0.2, -0.15) is 0 Å². The predicted octanol–water partition coefficient (Wildman–Crippen LogP) is 4.49. The smallest absolute Gasteiger partial charge is 0.161 e. The monoisotopic (exact) mass is 357 g/mol. The van der Waals surface area contributed by atoms with Crippen LogP contribution in [-0.2, 0) is 17.9 Å². The van der Waals surface area contributed by atoms with Crippen LogP contribution < -0.4 is 14.8 Å². The number of rotatable bonds is 12. The van der Waals surface area contributed by atoms with E-state index in [4.69, 9.17) is 14.2 Å². The number of hydrogen-bond acceptors (Lipinski definition) is 4. The second kappa shape index (κ2) is 11.6. The van der Waals surface area contributed by atoms with Gasteiger partial charge in [0.25, 0.3) is 0 Å². The maximum absolute atomic E-state index is 6.02. The maximum atomic E-state index is 6.02. The highest BCUT2D eigenvalue weighted by molar-refractivity contribution is 5.43. The molecule has 4 heteroatoms. The van der Waals surface area contributed by atoms with E-state index in [0.29, 0.717) is 13.2 Å². The first-order valence-corrected chi connectivity index (χ1v) is 9.46. The predicted molar refractivity (Wildman–Crippen MR) is 106 cm³/mol. The van der Waals surface area contributed by atoms with Gasteiger partial charge in [-0.25, -0.2) is 0 Å². The molecule has 0 amide bonds. The molecule has 0 aliphatic carbocycles. The van der Waals surface area contributed by atoms with Crippen molar-refractivity contribution >= 4 is 0 Å². The van der Waals surface area contributed by atoms with Crippen LogP contribution in [0.3, 0.4) is 0 Å². The van der Waals surface area contributed by atoms with Gasteiger partial charge in [0.2, 0.25) is 0 Å². The number of benzene rings is 2. The summed E-state index contributed by atoms with van der Waals surface area (Å²) < 4.78 is 17.2. The fraction of sp³-hybridized carbons (Fsp3) is 0.455. The molecule has 0 aliphatic heterocycles. The molecule has 0 atom stereocenters. The lowest BCUT2D eigenvalue weighted by molar-refractivity contribution is 0.144. The standard InChI is InChI=1S/C22H31NO3/c1-4-24-14-8-13-23-16-19-11-12-21(22(15-19)25-5-2)26-17-20-10-7-6-9-18(20)3/h6-7,9-12,15,23H,4-5,8,13-14,16-17H2,1-3H3. The third-order valence-electron chi connectivity index (χ3n) is 4.13. The molecule has 0 heterocycles. The Kier molecular flexibility index (Phi) is 9.01. The lowest BCUT2D eigenvalue weighted by atomic mass is 10.1. The van der Waals surface area contributed by atoms with Crippen molar-refractivity contribution in [3.05, 3.63) is 59.2 Å². The molecule has 0 bridgehead atoms. The molecule has 0 saturated carbocycles. The number of nitrogens with one attached hydrogen (secondary N) is 1. The van der Waals surface area contributed by atoms with Crippen molar-refractivity contribution in [3.8, 4) is 11.5 Å². The van der Waals surface area contributed by atoms with Crippen LogP contribution in [0.25, 0.3) is 0 Å². The molecular formula is C22H31NO3. The highest BCUT2D eigenvalue weighted by Crippen LogP contribution is 2.29. The Labute approximate surface area is 157 Å². The summed E-state index contributed by atoms with van der Waals surface area (Å²) >= 11 is 0. The summed E-state index contributed by atoms with van der Waals surface area (Å²) in [5.41, 5.74) is 3.61. The molecule has 1 N–H and O–H groups in total. The van der Waals surface area contributed by atoms with Crippen LogP contribution in [0.15, 0.2) is 42.5 Å². The fourth-order valence-corrected chi connectivity index (χ4v) is 2.65. The molecule has 2 aromatic rings. The SMILES string of the molecule is CCOCCCNCc1ccc(OCc2ccccc2C)c(OCC)c1. The molecule has 0 radical (unpaired) electrons. The van der Waals surface area contributed by atoms with Gasteiger partial charge in [0.05, 0.1) is 6.61 Å². The van der Waals surface area contributed by atoms with E-state index >= 15 is 0 Å². The molecule has 26 heavy (non-hydrogen) atoms. The van der Waals surface area contributed by atoms with Crippen molar-refractivity contribution in [2.45, 2.75) is 40.3 Å². The molecule has 0 aromatic heterocycles. The number of hydrogen-bond donors (Lipinski definition) is 1. The minimum atomic E-state index is 0.543. The zero-order chi connectivity index (χ0) is 18.6. The van der Waals surface area contributed by atoms with Gasteiger partial charge in [-0.15, -0.1) is 0 Å².